The van der Waals surface area contributed by atoms with Crippen molar-refractivity contribution < 1.29 is 0 Å². The first-order valence-electron chi connectivity index (χ1n) is 7.60. The molecule has 0 saturated carbocycles. The Hall–Kier alpha value is -0.710. The topological polar surface area (TPSA) is 40.2 Å². The van der Waals surface area contributed by atoms with Crippen LogP contribution in [0.15, 0.2) is 6.07 Å². The van der Waals surface area contributed by atoms with E-state index in [1.54, 1.807) is 6.07 Å². The Morgan fingerprint density at radius 2 is 1.76 bits per heavy atom. The summed E-state index contributed by atoms with van der Waals surface area (Å²) in [6.07, 6.45) is 1.02. The Labute approximate surface area is 138 Å². The molecule has 4 nitrogen and oxygen atoms in total. The predicted molar refractivity (Wildman–Crippen MR) is 93.9 cm³/mol. The molecule has 1 atom stereocenters. The molecular weight excluding hydrogens is 307 g/mol. The van der Waals surface area contributed by atoms with Gasteiger partial charge in [-0.1, -0.05) is 44.0 Å². The summed E-state index contributed by atoms with van der Waals surface area (Å²) in [7, 11) is 0. The lowest BCUT2D eigenvalue weighted by molar-refractivity contribution is 0.294. The number of likely N-dealkylation sites (N-methyl/N-ethyl adjacent to an activating group) is 1. The van der Waals surface area contributed by atoms with E-state index in [-0.39, 0.29) is 6.04 Å². The number of nitrogens with one attached hydrogen (secondary N) is 2. The van der Waals surface area contributed by atoms with Crippen LogP contribution in [0.1, 0.15) is 34.1 Å². The summed E-state index contributed by atoms with van der Waals surface area (Å²) in [6.45, 7) is 12.4. The van der Waals surface area contributed by atoms with Gasteiger partial charge in [-0.2, -0.15) is 0 Å². The molecule has 1 aromatic rings. The van der Waals surface area contributed by atoms with Crippen molar-refractivity contribution in [2.24, 2.45) is 0 Å². The molecule has 0 aromatic carbocycles. The number of halogens is 2. The molecule has 2 N–H and O–H groups in total. The Bertz CT molecular complexity index is 436. The summed E-state index contributed by atoms with van der Waals surface area (Å²) in [6, 6.07) is 2.00. The average molecular weight is 333 g/mol. The van der Waals surface area contributed by atoms with Crippen LogP contribution in [-0.4, -0.2) is 42.1 Å². The molecule has 0 amide bonds. The number of pyridine rings is 1. The van der Waals surface area contributed by atoms with E-state index in [0.29, 0.717) is 21.7 Å². The molecule has 21 heavy (non-hydrogen) atoms. The Balaban J connectivity index is 2.77. The first-order valence-corrected chi connectivity index (χ1v) is 8.36. The Kier molecular flexibility index (Phi) is 8.15. The summed E-state index contributed by atoms with van der Waals surface area (Å²) < 4.78 is 0. The van der Waals surface area contributed by atoms with Gasteiger partial charge in [-0.25, -0.2) is 4.98 Å². The average Bonchev–Trinajstić information content (AvgIpc) is 2.46. The van der Waals surface area contributed by atoms with E-state index in [1.807, 2.05) is 0 Å². The van der Waals surface area contributed by atoms with Crippen LogP contribution in [0.25, 0.3) is 0 Å². The van der Waals surface area contributed by atoms with Gasteiger partial charge in [-0.05, 0) is 32.5 Å². The number of hydrogen-bond acceptors (Lipinski definition) is 4. The van der Waals surface area contributed by atoms with Crippen molar-refractivity contribution in [3.63, 3.8) is 0 Å². The molecule has 1 rings (SSSR count). The van der Waals surface area contributed by atoms with Gasteiger partial charge in [-0.3, -0.25) is 0 Å². The fourth-order valence-electron chi connectivity index (χ4n) is 2.08. The minimum Gasteiger partial charge on any atom is -0.369 e. The zero-order valence-corrected chi connectivity index (χ0v) is 14.9. The zero-order valence-electron chi connectivity index (χ0n) is 13.3. The van der Waals surface area contributed by atoms with Crippen molar-refractivity contribution in [1.29, 1.82) is 0 Å². The highest BCUT2D eigenvalue weighted by molar-refractivity contribution is 6.37. The lowest BCUT2D eigenvalue weighted by Gasteiger charge is -2.24. The van der Waals surface area contributed by atoms with Crippen LogP contribution in [-0.2, 0) is 0 Å². The molecule has 0 aliphatic heterocycles. The summed E-state index contributed by atoms with van der Waals surface area (Å²) in [4.78, 5) is 6.86. The van der Waals surface area contributed by atoms with Crippen molar-refractivity contribution >= 4 is 34.8 Å². The maximum atomic E-state index is 6.23. The molecule has 0 aliphatic carbocycles. The van der Waals surface area contributed by atoms with E-state index in [0.717, 1.165) is 32.6 Å². The number of nitrogens with zero attached hydrogens (tertiary/aromatic N) is 2. The third kappa shape index (κ3) is 5.89. The first kappa shape index (κ1) is 18.3. The highest BCUT2D eigenvalue weighted by Gasteiger charge is 2.13. The van der Waals surface area contributed by atoms with Crippen molar-refractivity contribution in [1.82, 2.24) is 9.88 Å². The third-order valence-electron chi connectivity index (χ3n) is 3.28. The molecule has 0 aliphatic rings. The van der Waals surface area contributed by atoms with Crippen LogP contribution in [0.2, 0.25) is 10.0 Å². The lowest BCUT2D eigenvalue weighted by Crippen LogP contribution is -2.35. The van der Waals surface area contributed by atoms with Crippen molar-refractivity contribution in [2.75, 3.05) is 36.8 Å². The van der Waals surface area contributed by atoms with Gasteiger partial charge in [0.1, 0.15) is 11.6 Å². The number of aromatic nitrogens is 1. The van der Waals surface area contributed by atoms with E-state index in [1.165, 1.54) is 0 Å². The Morgan fingerprint density at radius 3 is 2.33 bits per heavy atom. The lowest BCUT2D eigenvalue weighted by atomic mass is 10.3. The normalized spacial score (nSPS) is 12.5. The summed E-state index contributed by atoms with van der Waals surface area (Å²) in [5.41, 5.74) is 0. The molecule has 0 fully saturated rings. The fourth-order valence-corrected chi connectivity index (χ4v) is 2.56. The monoisotopic (exact) mass is 332 g/mol. The minimum absolute atomic E-state index is 0.259. The zero-order chi connectivity index (χ0) is 15.8. The van der Waals surface area contributed by atoms with Crippen LogP contribution < -0.4 is 10.6 Å². The number of anilines is 2. The third-order valence-corrected chi connectivity index (χ3v) is 3.86. The molecular formula is C15H26Cl2N4. The second kappa shape index (κ2) is 9.34. The second-order valence-electron chi connectivity index (χ2n) is 5.11. The van der Waals surface area contributed by atoms with Crippen LogP contribution in [0.4, 0.5) is 11.6 Å². The molecule has 6 heteroatoms. The van der Waals surface area contributed by atoms with E-state index in [9.17, 15) is 0 Å². The SMILES string of the molecule is CCCNc1nc(NC(C)CN(CC)CC)c(Cl)cc1Cl. The van der Waals surface area contributed by atoms with Crippen LogP contribution in [0, 0.1) is 0 Å². The molecule has 0 saturated heterocycles. The number of rotatable bonds is 9. The smallest absolute Gasteiger partial charge is 0.147 e. The van der Waals surface area contributed by atoms with Gasteiger partial charge in [0.15, 0.2) is 0 Å². The van der Waals surface area contributed by atoms with Gasteiger partial charge in [0.2, 0.25) is 0 Å². The summed E-state index contributed by atoms with van der Waals surface area (Å²) >= 11 is 12.4. The van der Waals surface area contributed by atoms with Crippen LogP contribution >= 0.6 is 23.2 Å². The largest absolute Gasteiger partial charge is 0.369 e. The number of hydrogen-bond donors (Lipinski definition) is 2. The van der Waals surface area contributed by atoms with Gasteiger partial charge in [0.05, 0.1) is 10.0 Å². The highest BCUT2D eigenvalue weighted by Crippen LogP contribution is 2.29. The first-order chi connectivity index (χ1) is 10.0. The quantitative estimate of drug-likeness (QED) is 0.705. The second-order valence-corrected chi connectivity index (χ2v) is 5.92. The molecule has 120 valence electrons. The summed E-state index contributed by atoms with van der Waals surface area (Å²) in [5, 5.41) is 7.69. The van der Waals surface area contributed by atoms with E-state index < -0.39 is 0 Å². The van der Waals surface area contributed by atoms with E-state index >= 15 is 0 Å². The standard InChI is InChI=1S/C15H26Cl2N4/c1-5-8-18-14-12(16)9-13(17)15(20-14)19-11(4)10-21(6-2)7-3/h9,11H,5-8,10H2,1-4H3,(H2,18,19,20). The van der Waals surface area contributed by atoms with Crippen molar-refractivity contribution in [2.45, 2.75) is 40.2 Å². The van der Waals surface area contributed by atoms with Crippen LogP contribution in [0.5, 0.6) is 0 Å². The van der Waals surface area contributed by atoms with Gasteiger partial charge >= 0.3 is 0 Å². The molecule has 1 unspecified atom stereocenters. The minimum atomic E-state index is 0.259. The molecule has 0 bridgehead atoms. The van der Waals surface area contributed by atoms with E-state index in [4.69, 9.17) is 23.2 Å². The van der Waals surface area contributed by atoms with Crippen molar-refractivity contribution in [3.8, 4) is 0 Å². The molecule has 0 spiro atoms. The highest BCUT2D eigenvalue weighted by atomic mass is 35.5. The molecule has 1 heterocycles. The molecule has 1 aromatic heterocycles. The predicted octanol–water partition coefficient (Wildman–Crippen LogP) is 4.35. The van der Waals surface area contributed by atoms with Gasteiger partial charge in [-0.15, -0.1) is 0 Å². The molecule has 0 radical (unpaired) electrons. The van der Waals surface area contributed by atoms with Crippen molar-refractivity contribution in [3.05, 3.63) is 16.1 Å². The summed E-state index contributed by atoms with van der Waals surface area (Å²) in [5.74, 6) is 1.36. The van der Waals surface area contributed by atoms with Gasteiger partial charge in [0.25, 0.3) is 0 Å². The van der Waals surface area contributed by atoms with Gasteiger partial charge in [0, 0.05) is 19.1 Å². The fraction of sp³-hybridized carbons (Fsp3) is 0.667. The Morgan fingerprint density at radius 1 is 1.14 bits per heavy atom. The van der Waals surface area contributed by atoms with Crippen LogP contribution in [0.3, 0.4) is 0 Å². The maximum absolute atomic E-state index is 6.23. The van der Waals surface area contributed by atoms with Gasteiger partial charge < -0.3 is 15.5 Å². The maximum Gasteiger partial charge on any atom is 0.147 e. The van der Waals surface area contributed by atoms with E-state index in [2.05, 4.69) is 48.2 Å².